The van der Waals surface area contributed by atoms with Gasteiger partial charge >= 0.3 is 6.09 Å². The van der Waals surface area contributed by atoms with E-state index in [0.717, 1.165) is 5.56 Å². The zero-order valence-corrected chi connectivity index (χ0v) is 11.5. The molecule has 1 aliphatic heterocycles. The lowest BCUT2D eigenvalue weighted by Crippen LogP contribution is -2.50. The van der Waals surface area contributed by atoms with Crippen molar-refractivity contribution in [1.82, 2.24) is 9.80 Å². The van der Waals surface area contributed by atoms with E-state index >= 15 is 0 Å². The summed E-state index contributed by atoms with van der Waals surface area (Å²) < 4.78 is 4.66. The maximum Gasteiger partial charge on any atom is 0.409 e. The highest BCUT2D eigenvalue weighted by Crippen LogP contribution is 2.10. The number of amides is 2. The fraction of sp³-hybridized carbons (Fsp3) is 0.429. The van der Waals surface area contributed by atoms with Gasteiger partial charge in [-0.2, -0.15) is 0 Å². The van der Waals surface area contributed by atoms with Crippen LogP contribution in [-0.2, 0) is 16.0 Å². The van der Waals surface area contributed by atoms with Crippen LogP contribution in [0.2, 0.25) is 0 Å². The highest BCUT2D eigenvalue weighted by atomic mass is 16.5. The molecule has 1 heterocycles. The molecular weight excluding hydrogens is 258 g/mol. The molecule has 6 nitrogen and oxygen atoms in total. The molecule has 1 aromatic carbocycles. The molecule has 1 saturated heterocycles. The molecule has 0 saturated carbocycles. The monoisotopic (exact) mass is 277 g/mol. The number of rotatable bonds is 2. The number of methoxy groups -OCH3 is 1. The molecule has 2 N–H and O–H groups in total. The first-order chi connectivity index (χ1) is 9.60. The molecule has 108 valence electrons. The first-order valence-electron chi connectivity index (χ1n) is 6.55. The van der Waals surface area contributed by atoms with E-state index in [9.17, 15) is 9.59 Å². The van der Waals surface area contributed by atoms with Gasteiger partial charge in [-0.25, -0.2) is 4.79 Å². The minimum absolute atomic E-state index is 0.0688. The van der Waals surface area contributed by atoms with E-state index in [1.165, 1.54) is 7.11 Å². The topological polar surface area (TPSA) is 75.9 Å². The maximum absolute atomic E-state index is 12.2. The lowest BCUT2D eigenvalue weighted by atomic mass is 10.1. The molecule has 0 radical (unpaired) electrons. The zero-order valence-electron chi connectivity index (χ0n) is 11.5. The molecule has 2 amide bonds. The summed E-state index contributed by atoms with van der Waals surface area (Å²) >= 11 is 0. The Kier molecular flexibility index (Phi) is 4.45. The average Bonchev–Trinajstić information content (AvgIpc) is 2.49. The number of benzene rings is 1. The standard InChI is InChI=1S/C14H19N3O3/c1-20-14(19)17-8-6-16(7-9-17)13(18)10-11-2-4-12(15)5-3-11/h2-5H,6-10,15H2,1H3. The molecule has 0 aliphatic carbocycles. The van der Waals surface area contributed by atoms with E-state index in [2.05, 4.69) is 4.74 Å². The Bertz CT molecular complexity index is 479. The Labute approximate surface area is 118 Å². The van der Waals surface area contributed by atoms with Gasteiger partial charge in [-0.1, -0.05) is 12.1 Å². The summed E-state index contributed by atoms with van der Waals surface area (Å²) in [5.74, 6) is 0.0688. The van der Waals surface area contributed by atoms with Gasteiger partial charge in [0, 0.05) is 31.9 Å². The molecule has 1 aliphatic rings. The number of carbonyl (C=O) groups is 2. The van der Waals surface area contributed by atoms with Crippen LogP contribution in [0.3, 0.4) is 0 Å². The van der Waals surface area contributed by atoms with Crippen molar-refractivity contribution >= 4 is 17.7 Å². The molecule has 0 bridgehead atoms. The van der Waals surface area contributed by atoms with Crippen LogP contribution in [0.5, 0.6) is 0 Å². The summed E-state index contributed by atoms with van der Waals surface area (Å²) in [6, 6.07) is 7.30. The van der Waals surface area contributed by atoms with Crippen molar-refractivity contribution in [3.8, 4) is 0 Å². The molecule has 2 rings (SSSR count). The molecule has 20 heavy (non-hydrogen) atoms. The highest BCUT2D eigenvalue weighted by Gasteiger charge is 2.24. The molecule has 1 aromatic rings. The number of hydrogen-bond acceptors (Lipinski definition) is 4. The fourth-order valence-electron chi connectivity index (χ4n) is 2.19. The molecule has 0 unspecified atom stereocenters. The Balaban J connectivity index is 1.85. The van der Waals surface area contributed by atoms with Crippen LogP contribution in [0.1, 0.15) is 5.56 Å². The molecular formula is C14H19N3O3. The predicted molar refractivity (Wildman–Crippen MR) is 75.1 cm³/mol. The summed E-state index contributed by atoms with van der Waals surface area (Å²) in [5.41, 5.74) is 7.24. The van der Waals surface area contributed by atoms with Crippen LogP contribution < -0.4 is 5.73 Å². The van der Waals surface area contributed by atoms with E-state index in [-0.39, 0.29) is 12.0 Å². The van der Waals surface area contributed by atoms with Gasteiger partial charge in [0.15, 0.2) is 0 Å². The van der Waals surface area contributed by atoms with Crippen LogP contribution >= 0.6 is 0 Å². The predicted octanol–water partition coefficient (Wildman–Crippen LogP) is 0.722. The van der Waals surface area contributed by atoms with Gasteiger partial charge in [-0.05, 0) is 17.7 Å². The van der Waals surface area contributed by atoms with E-state index in [4.69, 9.17) is 5.73 Å². The van der Waals surface area contributed by atoms with Crippen molar-refractivity contribution in [1.29, 1.82) is 0 Å². The number of nitrogen functional groups attached to an aromatic ring is 1. The third-order valence-corrected chi connectivity index (χ3v) is 3.40. The van der Waals surface area contributed by atoms with Gasteiger partial charge in [0.2, 0.25) is 5.91 Å². The first kappa shape index (κ1) is 14.2. The van der Waals surface area contributed by atoms with Gasteiger partial charge < -0.3 is 20.3 Å². The number of ether oxygens (including phenoxy) is 1. The largest absolute Gasteiger partial charge is 0.453 e. The molecule has 1 fully saturated rings. The van der Waals surface area contributed by atoms with Gasteiger partial charge in [0.05, 0.1) is 13.5 Å². The van der Waals surface area contributed by atoms with Crippen molar-refractivity contribution in [2.45, 2.75) is 6.42 Å². The quantitative estimate of drug-likeness (QED) is 0.808. The smallest absolute Gasteiger partial charge is 0.409 e. The second kappa shape index (κ2) is 6.27. The highest BCUT2D eigenvalue weighted by molar-refractivity contribution is 5.79. The first-order valence-corrected chi connectivity index (χ1v) is 6.55. The summed E-state index contributed by atoms with van der Waals surface area (Å²) in [6.07, 6.45) is 0.0223. The number of carbonyl (C=O) groups excluding carboxylic acids is 2. The van der Waals surface area contributed by atoms with Crippen molar-refractivity contribution in [2.75, 3.05) is 39.0 Å². The van der Waals surface area contributed by atoms with Crippen LogP contribution in [0.15, 0.2) is 24.3 Å². The van der Waals surface area contributed by atoms with Crippen molar-refractivity contribution < 1.29 is 14.3 Å². The van der Waals surface area contributed by atoms with Gasteiger partial charge in [-0.3, -0.25) is 4.79 Å². The van der Waals surface area contributed by atoms with E-state index in [1.54, 1.807) is 21.9 Å². The van der Waals surface area contributed by atoms with Gasteiger partial charge in [-0.15, -0.1) is 0 Å². The third kappa shape index (κ3) is 3.40. The average molecular weight is 277 g/mol. The number of hydrogen-bond donors (Lipinski definition) is 1. The van der Waals surface area contributed by atoms with Gasteiger partial charge in [0.1, 0.15) is 0 Å². The minimum Gasteiger partial charge on any atom is -0.453 e. The van der Waals surface area contributed by atoms with Crippen LogP contribution in [0.4, 0.5) is 10.5 Å². The summed E-state index contributed by atoms with van der Waals surface area (Å²) in [4.78, 5) is 26.9. The molecule has 6 heteroatoms. The normalized spacial score (nSPS) is 15.1. The lowest BCUT2D eigenvalue weighted by molar-refractivity contribution is -0.132. The molecule has 0 aromatic heterocycles. The van der Waals surface area contributed by atoms with Crippen LogP contribution in [0.25, 0.3) is 0 Å². The Morgan fingerprint density at radius 2 is 1.65 bits per heavy atom. The van der Waals surface area contributed by atoms with Gasteiger partial charge in [0.25, 0.3) is 0 Å². The minimum atomic E-state index is -0.337. The number of nitrogens with zero attached hydrogens (tertiary/aromatic N) is 2. The summed E-state index contributed by atoms with van der Waals surface area (Å²) in [6.45, 7) is 2.12. The van der Waals surface area contributed by atoms with Crippen molar-refractivity contribution in [2.24, 2.45) is 0 Å². The lowest BCUT2D eigenvalue weighted by Gasteiger charge is -2.33. The number of piperazine rings is 1. The second-order valence-electron chi connectivity index (χ2n) is 4.76. The van der Waals surface area contributed by atoms with Crippen LogP contribution in [-0.4, -0.2) is 55.1 Å². The fourth-order valence-corrected chi connectivity index (χ4v) is 2.19. The summed E-state index contributed by atoms with van der Waals surface area (Å²) in [7, 11) is 1.36. The Morgan fingerprint density at radius 3 is 2.20 bits per heavy atom. The van der Waals surface area contributed by atoms with E-state index in [0.29, 0.717) is 38.3 Å². The van der Waals surface area contributed by atoms with Crippen LogP contribution in [0, 0.1) is 0 Å². The summed E-state index contributed by atoms with van der Waals surface area (Å²) in [5, 5.41) is 0. The second-order valence-corrected chi connectivity index (χ2v) is 4.76. The number of nitrogens with two attached hydrogens (primary N) is 1. The van der Waals surface area contributed by atoms with Crippen molar-refractivity contribution in [3.63, 3.8) is 0 Å². The SMILES string of the molecule is COC(=O)N1CCN(C(=O)Cc2ccc(N)cc2)CC1. The number of anilines is 1. The van der Waals surface area contributed by atoms with Crippen molar-refractivity contribution in [3.05, 3.63) is 29.8 Å². The molecule has 0 spiro atoms. The molecule has 0 atom stereocenters. The van der Waals surface area contributed by atoms with E-state index < -0.39 is 0 Å². The zero-order chi connectivity index (χ0) is 14.5. The third-order valence-electron chi connectivity index (χ3n) is 3.40. The Hall–Kier alpha value is -2.24. The Morgan fingerprint density at radius 1 is 1.10 bits per heavy atom. The maximum atomic E-state index is 12.2. The van der Waals surface area contributed by atoms with E-state index in [1.807, 2.05) is 12.1 Å².